The molecule has 0 saturated carbocycles. The molecule has 1 aliphatic rings. The second-order valence-electron chi connectivity index (χ2n) is 5.38. The number of nitrogens with two attached hydrogens (primary N) is 1. The van der Waals surface area contributed by atoms with Gasteiger partial charge in [0, 0.05) is 17.7 Å². The molecule has 1 aromatic rings. The SMILES string of the molecule is C=C1CC(=O)c2ccc(F)c(c2)CCCC/C1=C(\C)N. The first-order chi connectivity index (χ1) is 9.49. The number of carbonyl (C=O) groups is 1. The highest BCUT2D eigenvalue weighted by Gasteiger charge is 2.15. The Labute approximate surface area is 119 Å². The Balaban J connectivity index is 2.37. The molecule has 0 aromatic heterocycles. The number of fused-ring (bicyclic) bond motifs is 2. The zero-order valence-corrected chi connectivity index (χ0v) is 11.8. The fourth-order valence-corrected chi connectivity index (χ4v) is 2.61. The van der Waals surface area contributed by atoms with Crippen LogP contribution < -0.4 is 5.73 Å². The summed E-state index contributed by atoms with van der Waals surface area (Å²) < 4.78 is 13.7. The highest BCUT2D eigenvalue weighted by molar-refractivity contribution is 5.98. The highest BCUT2D eigenvalue weighted by Crippen LogP contribution is 2.25. The molecular weight excluding hydrogens is 253 g/mol. The molecule has 1 aromatic carbocycles. The Morgan fingerprint density at radius 3 is 2.70 bits per heavy atom. The summed E-state index contributed by atoms with van der Waals surface area (Å²) in [5.74, 6) is -0.262. The van der Waals surface area contributed by atoms with Crippen molar-refractivity contribution in [2.75, 3.05) is 0 Å². The van der Waals surface area contributed by atoms with Gasteiger partial charge in [-0.05, 0) is 67.5 Å². The third-order valence-corrected chi connectivity index (χ3v) is 3.77. The van der Waals surface area contributed by atoms with Crippen LogP contribution in [0.5, 0.6) is 0 Å². The lowest BCUT2D eigenvalue weighted by molar-refractivity contribution is 0.0993. The predicted octanol–water partition coefficient (Wildman–Crippen LogP) is 3.91. The van der Waals surface area contributed by atoms with Crippen molar-refractivity contribution in [2.45, 2.75) is 39.0 Å². The molecule has 106 valence electrons. The molecule has 0 saturated heterocycles. The number of benzene rings is 1. The van der Waals surface area contributed by atoms with Crippen LogP contribution in [0.4, 0.5) is 4.39 Å². The van der Waals surface area contributed by atoms with Crippen LogP contribution >= 0.6 is 0 Å². The average Bonchev–Trinajstić information content (AvgIpc) is 2.40. The van der Waals surface area contributed by atoms with Gasteiger partial charge < -0.3 is 5.73 Å². The standard InChI is InChI=1S/C17H20FNO/c1-11-9-17(20)14-7-8-16(18)13(10-14)5-3-4-6-15(11)12(2)19/h7-8,10H,1,3-6,9,19H2,2H3/b15-12-. The van der Waals surface area contributed by atoms with Crippen molar-refractivity contribution < 1.29 is 9.18 Å². The van der Waals surface area contributed by atoms with Gasteiger partial charge in [-0.2, -0.15) is 0 Å². The van der Waals surface area contributed by atoms with Gasteiger partial charge in [0.05, 0.1) is 0 Å². The number of aryl methyl sites for hydroxylation is 1. The molecule has 2 bridgehead atoms. The van der Waals surface area contributed by atoms with Gasteiger partial charge in [-0.15, -0.1) is 0 Å². The van der Waals surface area contributed by atoms with E-state index < -0.39 is 0 Å². The monoisotopic (exact) mass is 273 g/mol. The summed E-state index contributed by atoms with van der Waals surface area (Å²) in [4.78, 5) is 12.3. The molecule has 2 rings (SSSR count). The molecule has 20 heavy (non-hydrogen) atoms. The van der Waals surface area contributed by atoms with Crippen molar-refractivity contribution in [3.8, 4) is 0 Å². The number of halogens is 1. The van der Waals surface area contributed by atoms with Crippen molar-refractivity contribution in [3.05, 3.63) is 58.6 Å². The predicted molar refractivity (Wildman–Crippen MR) is 78.9 cm³/mol. The lowest BCUT2D eigenvalue weighted by Crippen LogP contribution is -2.06. The Morgan fingerprint density at radius 1 is 1.30 bits per heavy atom. The van der Waals surface area contributed by atoms with Gasteiger partial charge in [-0.25, -0.2) is 4.39 Å². The molecular formula is C17H20FNO. The molecule has 3 heteroatoms. The van der Waals surface area contributed by atoms with Crippen LogP contribution in [0.1, 0.15) is 48.5 Å². The number of ketones is 1. The number of carbonyl (C=O) groups excluding carboxylic acids is 1. The third kappa shape index (κ3) is 3.16. The molecule has 0 spiro atoms. The maximum absolute atomic E-state index is 13.7. The lowest BCUT2D eigenvalue weighted by atomic mass is 9.94. The average molecular weight is 273 g/mol. The molecule has 2 N–H and O–H groups in total. The normalized spacial score (nSPS) is 19.5. The summed E-state index contributed by atoms with van der Waals surface area (Å²) in [7, 11) is 0. The Morgan fingerprint density at radius 2 is 2.00 bits per heavy atom. The number of allylic oxidation sites excluding steroid dienone is 3. The van der Waals surface area contributed by atoms with E-state index in [1.165, 1.54) is 6.07 Å². The van der Waals surface area contributed by atoms with E-state index in [0.29, 0.717) is 17.5 Å². The van der Waals surface area contributed by atoms with Gasteiger partial charge in [-0.1, -0.05) is 6.58 Å². The van der Waals surface area contributed by atoms with Crippen LogP contribution in [0.3, 0.4) is 0 Å². The first-order valence-electron chi connectivity index (χ1n) is 6.94. The smallest absolute Gasteiger partial charge is 0.167 e. The third-order valence-electron chi connectivity index (χ3n) is 3.77. The fourth-order valence-electron chi connectivity index (χ4n) is 2.61. The Kier molecular flexibility index (Phi) is 4.38. The Bertz CT molecular complexity index is 583. The molecule has 0 atom stereocenters. The summed E-state index contributed by atoms with van der Waals surface area (Å²) in [6.45, 7) is 5.83. The van der Waals surface area contributed by atoms with Crippen LogP contribution in [0.2, 0.25) is 0 Å². The van der Waals surface area contributed by atoms with Gasteiger partial charge in [0.15, 0.2) is 5.78 Å². The number of hydrogen-bond donors (Lipinski definition) is 1. The zero-order chi connectivity index (χ0) is 14.7. The Hall–Kier alpha value is -1.90. The van der Waals surface area contributed by atoms with E-state index in [9.17, 15) is 9.18 Å². The van der Waals surface area contributed by atoms with Crippen molar-refractivity contribution in [3.63, 3.8) is 0 Å². The molecule has 0 radical (unpaired) electrons. The molecule has 0 amide bonds. The van der Waals surface area contributed by atoms with Crippen molar-refractivity contribution in [1.82, 2.24) is 0 Å². The molecule has 0 aliphatic heterocycles. The quantitative estimate of drug-likeness (QED) is 0.778. The first-order valence-corrected chi connectivity index (χ1v) is 6.94. The largest absolute Gasteiger partial charge is 0.402 e. The lowest BCUT2D eigenvalue weighted by Gasteiger charge is -2.12. The second-order valence-corrected chi connectivity index (χ2v) is 5.38. The van der Waals surface area contributed by atoms with Crippen molar-refractivity contribution >= 4 is 5.78 Å². The van der Waals surface area contributed by atoms with Crippen LogP contribution in [0.25, 0.3) is 0 Å². The first kappa shape index (κ1) is 14.5. The van der Waals surface area contributed by atoms with Crippen LogP contribution in [-0.4, -0.2) is 5.78 Å². The van der Waals surface area contributed by atoms with Crippen LogP contribution in [0, 0.1) is 5.82 Å². The van der Waals surface area contributed by atoms with Gasteiger partial charge in [0.25, 0.3) is 0 Å². The second kappa shape index (κ2) is 6.04. The van der Waals surface area contributed by atoms with Gasteiger partial charge in [-0.3, -0.25) is 4.79 Å². The molecule has 0 fully saturated rings. The molecule has 0 unspecified atom stereocenters. The minimum absolute atomic E-state index is 0.0306. The molecule has 2 nitrogen and oxygen atoms in total. The summed E-state index contributed by atoms with van der Waals surface area (Å²) >= 11 is 0. The zero-order valence-electron chi connectivity index (χ0n) is 11.8. The minimum atomic E-state index is -0.231. The van der Waals surface area contributed by atoms with Crippen LogP contribution in [0.15, 0.2) is 41.6 Å². The summed E-state index contributed by atoms with van der Waals surface area (Å²) in [5, 5.41) is 0. The fraction of sp³-hybridized carbons (Fsp3) is 0.353. The van der Waals surface area contributed by atoms with E-state index in [2.05, 4.69) is 6.58 Å². The molecule has 0 heterocycles. The van der Waals surface area contributed by atoms with Crippen LogP contribution in [-0.2, 0) is 6.42 Å². The topological polar surface area (TPSA) is 43.1 Å². The highest BCUT2D eigenvalue weighted by atomic mass is 19.1. The van der Waals surface area contributed by atoms with E-state index in [1.54, 1.807) is 12.1 Å². The van der Waals surface area contributed by atoms with E-state index >= 15 is 0 Å². The summed E-state index contributed by atoms with van der Waals surface area (Å²) in [6, 6.07) is 4.61. The minimum Gasteiger partial charge on any atom is -0.402 e. The number of hydrogen-bond acceptors (Lipinski definition) is 2. The van der Waals surface area contributed by atoms with Crippen molar-refractivity contribution in [1.29, 1.82) is 0 Å². The van der Waals surface area contributed by atoms with E-state index in [-0.39, 0.29) is 18.0 Å². The maximum Gasteiger partial charge on any atom is 0.167 e. The number of rotatable bonds is 0. The van der Waals surface area contributed by atoms with Crippen molar-refractivity contribution in [2.24, 2.45) is 5.73 Å². The van der Waals surface area contributed by atoms with Gasteiger partial charge in [0.2, 0.25) is 0 Å². The molecule has 1 aliphatic carbocycles. The van der Waals surface area contributed by atoms with Gasteiger partial charge in [0.1, 0.15) is 5.82 Å². The number of Topliss-reactive ketones (excluding diaryl/α,β-unsaturated/α-hetero) is 1. The summed E-state index contributed by atoms with van der Waals surface area (Å²) in [6.07, 6.45) is 3.48. The summed E-state index contributed by atoms with van der Waals surface area (Å²) in [5.41, 5.74) is 9.55. The maximum atomic E-state index is 13.7. The van der Waals surface area contributed by atoms with E-state index in [1.807, 2.05) is 6.92 Å². The van der Waals surface area contributed by atoms with Gasteiger partial charge >= 0.3 is 0 Å². The van der Waals surface area contributed by atoms with E-state index in [0.717, 1.165) is 36.1 Å². The van der Waals surface area contributed by atoms with E-state index in [4.69, 9.17) is 5.73 Å².